The van der Waals surface area contributed by atoms with E-state index in [1.165, 1.54) is 38.5 Å². The molecule has 2 N–H and O–H groups in total. The van der Waals surface area contributed by atoms with Gasteiger partial charge in [-0.05, 0) is 32.1 Å². The molecule has 4 aliphatic rings. The highest BCUT2D eigenvalue weighted by Gasteiger charge is 2.66. The Labute approximate surface area is 109 Å². The number of ether oxygens (including phenoxy) is 1. The quantitative estimate of drug-likeness (QED) is 0.804. The summed E-state index contributed by atoms with van der Waals surface area (Å²) in [5, 5.41) is 14.2. The zero-order valence-electron chi connectivity index (χ0n) is 11.2. The Morgan fingerprint density at radius 2 is 1.89 bits per heavy atom. The van der Waals surface area contributed by atoms with Crippen molar-refractivity contribution in [3.63, 3.8) is 0 Å². The van der Waals surface area contributed by atoms with Crippen LogP contribution in [-0.4, -0.2) is 36.0 Å². The maximum Gasteiger partial charge on any atom is 0.0771 e. The molecule has 3 atom stereocenters. The predicted octanol–water partition coefficient (Wildman–Crippen LogP) is 1.84. The van der Waals surface area contributed by atoms with Crippen LogP contribution >= 0.6 is 0 Å². The number of rotatable bonds is 3. The summed E-state index contributed by atoms with van der Waals surface area (Å²) in [5.74, 6) is 0.732. The van der Waals surface area contributed by atoms with E-state index in [2.05, 4.69) is 5.32 Å². The van der Waals surface area contributed by atoms with Gasteiger partial charge in [-0.3, -0.25) is 0 Å². The highest BCUT2D eigenvalue weighted by molar-refractivity contribution is 5.18. The first-order chi connectivity index (χ1) is 8.74. The third-order valence-corrected chi connectivity index (χ3v) is 6.22. The topological polar surface area (TPSA) is 41.5 Å². The molecule has 0 aromatic carbocycles. The standard InChI is InChI=1S/C15H25NO2/c17-14(5-1-2-6-14)10-16-12-11-4-9-18-13(11)15(12)7-3-8-15/h11-13,16-17H,1-10H2. The van der Waals surface area contributed by atoms with Crippen LogP contribution in [0.15, 0.2) is 0 Å². The first kappa shape index (κ1) is 11.7. The SMILES string of the molecule is OC1(CNC2C3CCOC3C23CCC3)CCCC1. The van der Waals surface area contributed by atoms with Crippen LogP contribution < -0.4 is 5.32 Å². The van der Waals surface area contributed by atoms with Gasteiger partial charge in [-0.1, -0.05) is 19.3 Å². The lowest BCUT2D eigenvalue weighted by molar-refractivity contribution is -0.178. The van der Waals surface area contributed by atoms with Crippen LogP contribution in [0.1, 0.15) is 51.4 Å². The molecule has 3 nitrogen and oxygen atoms in total. The molecule has 3 aliphatic carbocycles. The Morgan fingerprint density at radius 1 is 1.11 bits per heavy atom. The number of nitrogens with one attached hydrogen (secondary N) is 1. The first-order valence-electron chi connectivity index (χ1n) is 7.81. The van der Waals surface area contributed by atoms with E-state index in [0.29, 0.717) is 17.6 Å². The Kier molecular flexibility index (Phi) is 2.56. The van der Waals surface area contributed by atoms with E-state index in [9.17, 15) is 5.11 Å². The summed E-state index contributed by atoms with van der Waals surface area (Å²) < 4.78 is 5.93. The van der Waals surface area contributed by atoms with Gasteiger partial charge < -0.3 is 15.2 Å². The second-order valence-electron chi connectivity index (χ2n) is 7.12. The molecule has 0 aromatic heterocycles. The first-order valence-corrected chi connectivity index (χ1v) is 7.81. The van der Waals surface area contributed by atoms with Crippen LogP contribution in [-0.2, 0) is 4.74 Å². The van der Waals surface area contributed by atoms with Gasteiger partial charge in [0, 0.05) is 30.5 Å². The summed E-state index contributed by atoms with van der Waals surface area (Å²) in [6.45, 7) is 1.77. The van der Waals surface area contributed by atoms with Crippen molar-refractivity contribution in [2.75, 3.05) is 13.2 Å². The van der Waals surface area contributed by atoms with Gasteiger partial charge in [-0.15, -0.1) is 0 Å². The highest BCUT2D eigenvalue weighted by Crippen LogP contribution is 2.62. The fourth-order valence-corrected chi connectivity index (χ4v) is 5.07. The van der Waals surface area contributed by atoms with Gasteiger partial charge in [0.25, 0.3) is 0 Å². The van der Waals surface area contributed by atoms with Crippen molar-refractivity contribution in [2.45, 2.75) is 69.1 Å². The fraction of sp³-hybridized carbons (Fsp3) is 1.00. The molecule has 0 bridgehead atoms. The molecule has 1 saturated heterocycles. The number of fused-ring (bicyclic) bond motifs is 2. The van der Waals surface area contributed by atoms with E-state index in [4.69, 9.17) is 4.74 Å². The second-order valence-corrected chi connectivity index (χ2v) is 7.12. The molecule has 3 saturated carbocycles. The monoisotopic (exact) mass is 251 g/mol. The molecule has 4 rings (SSSR count). The van der Waals surface area contributed by atoms with Crippen molar-refractivity contribution < 1.29 is 9.84 Å². The lowest BCUT2D eigenvalue weighted by atomic mass is 9.46. The average Bonchev–Trinajstić information content (AvgIpc) is 2.86. The minimum atomic E-state index is -0.407. The van der Waals surface area contributed by atoms with Crippen LogP contribution in [0.2, 0.25) is 0 Å². The van der Waals surface area contributed by atoms with E-state index in [1.54, 1.807) is 0 Å². The van der Waals surface area contributed by atoms with Crippen LogP contribution in [0.5, 0.6) is 0 Å². The second kappa shape index (κ2) is 3.94. The molecular formula is C15H25NO2. The lowest BCUT2D eigenvalue weighted by Gasteiger charge is -2.63. The van der Waals surface area contributed by atoms with E-state index >= 15 is 0 Å². The predicted molar refractivity (Wildman–Crippen MR) is 69.3 cm³/mol. The molecule has 1 heterocycles. The maximum atomic E-state index is 10.5. The van der Waals surface area contributed by atoms with Gasteiger partial charge in [-0.25, -0.2) is 0 Å². The van der Waals surface area contributed by atoms with Gasteiger partial charge in [0.05, 0.1) is 11.7 Å². The number of hydrogen-bond acceptors (Lipinski definition) is 3. The zero-order valence-corrected chi connectivity index (χ0v) is 11.2. The summed E-state index contributed by atoms with van der Waals surface area (Å²) in [6, 6.07) is 0.628. The smallest absolute Gasteiger partial charge is 0.0771 e. The molecular weight excluding hydrogens is 226 g/mol. The van der Waals surface area contributed by atoms with Crippen LogP contribution in [0.4, 0.5) is 0 Å². The van der Waals surface area contributed by atoms with Gasteiger partial charge in [0.1, 0.15) is 0 Å². The largest absolute Gasteiger partial charge is 0.389 e. The normalized spacial score (nSPS) is 43.5. The molecule has 0 aromatic rings. The minimum Gasteiger partial charge on any atom is -0.389 e. The Hall–Kier alpha value is -0.120. The van der Waals surface area contributed by atoms with Crippen LogP contribution in [0, 0.1) is 11.3 Å². The zero-order chi connectivity index (χ0) is 12.2. The number of hydrogen-bond donors (Lipinski definition) is 2. The summed E-state index contributed by atoms with van der Waals surface area (Å²) in [6.07, 6.45) is 10.2. The van der Waals surface area contributed by atoms with Gasteiger partial charge in [-0.2, -0.15) is 0 Å². The summed E-state index contributed by atoms with van der Waals surface area (Å²) >= 11 is 0. The van der Waals surface area contributed by atoms with Crippen molar-refractivity contribution in [1.82, 2.24) is 5.32 Å². The molecule has 1 spiro atoms. The Bertz CT molecular complexity index is 333. The summed E-state index contributed by atoms with van der Waals surface area (Å²) in [7, 11) is 0. The van der Waals surface area contributed by atoms with E-state index in [-0.39, 0.29) is 0 Å². The fourth-order valence-electron chi connectivity index (χ4n) is 5.07. The summed E-state index contributed by atoms with van der Waals surface area (Å²) in [5.41, 5.74) is 0.0472. The third-order valence-electron chi connectivity index (χ3n) is 6.22. The van der Waals surface area contributed by atoms with E-state index < -0.39 is 5.60 Å². The van der Waals surface area contributed by atoms with Crippen molar-refractivity contribution in [3.8, 4) is 0 Å². The molecule has 0 radical (unpaired) electrons. The third kappa shape index (κ3) is 1.47. The van der Waals surface area contributed by atoms with Crippen LogP contribution in [0.25, 0.3) is 0 Å². The molecule has 3 heteroatoms. The molecule has 102 valence electrons. The van der Waals surface area contributed by atoms with Crippen molar-refractivity contribution in [3.05, 3.63) is 0 Å². The van der Waals surface area contributed by atoms with Gasteiger partial charge in [0.15, 0.2) is 0 Å². The molecule has 4 fully saturated rings. The van der Waals surface area contributed by atoms with Crippen molar-refractivity contribution in [2.24, 2.45) is 11.3 Å². The van der Waals surface area contributed by atoms with Crippen LogP contribution in [0.3, 0.4) is 0 Å². The van der Waals surface area contributed by atoms with Gasteiger partial charge in [0.2, 0.25) is 0 Å². The van der Waals surface area contributed by atoms with E-state index in [1.807, 2.05) is 0 Å². The maximum absolute atomic E-state index is 10.5. The highest BCUT2D eigenvalue weighted by atomic mass is 16.5. The van der Waals surface area contributed by atoms with Crippen molar-refractivity contribution in [1.29, 1.82) is 0 Å². The molecule has 3 unspecified atom stereocenters. The molecule has 18 heavy (non-hydrogen) atoms. The Balaban J connectivity index is 1.41. The molecule has 1 aliphatic heterocycles. The summed E-state index contributed by atoms with van der Waals surface area (Å²) in [4.78, 5) is 0. The Morgan fingerprint density at radius 3 is 2.56 bits per heavy atom. The molecule has 0 amide bonds. The minimum absolute atomic E-state index is 0.407. The van der Waals surface area contributed by atoms with Crippen molar-refractivity contribution >= 4 is 0 Å². The number of aliphatic hydroxyl groups is 1. The average molecular weight is 251 g/mol. The lowest BCUT2D eigenvalue weighted by Crippen LogP contribution is -2.71. The van der Waals surface area contributed by atoms with E-state index in [0.717, 1.165) is 31.9 Å². The van der Waals surface area contributed by atoms with Gasteiger partial charge >= 0.3 is 0 Å².